The average Bonchev–Trinajstić information content (AvgIpc) is 3.16. The van der Waals surface area contributed by atoms with E-state index in [0.29, 0.717) is 6.04 Å². The molecule has 110 valence electrons. The van der Waals surface area contributed by atoms with Crippen molar-refractivity contribution in [1.29, 1.82) is 5.26 Å². The Kier molecular flexibility index (Phi) is 3.78. The van der Waals surface area contributed by atoms with Crippen LogP contribution in [-0.4, -0.2) is 17.5 Å². The third kappa shape index (κ3) is 2.58. The largest absolute Gasteiger partial charge is 0.368 e. The molecule has 5 nitrogen and oxygen atoms in total. The molecule has 0 aromatic heterocycles. The van der Waals surface area contributed by atoms with Crippen LogP contribution in [0.15, 0.2) is 18.2 Å². The zero-order chi connectivity index (χ0) is 14.8. The monoisotopic (exact) mass is 285 g/mol. The normalized spacial score (nSPS) is 22.4. The molecule has 0 amide bonds. The lowest BCUT2D eigenvalue weighted by Gasteiger charge is -2.31. The average molecular weight is 285 g/mol. The van der Waals surface area contributed by atoms with Gasteiger partial charge in [0.25, 0.3) is 5.69 Å². The van der Waals surface area contributed by atoms with Gasteiger partial charge in [-0.05, 0) is 43.7 Å². The van der Waals surface area contributed by atoms with Gasteiger partial charge >= 0.3 is 0 Å². The Morgan fingerprint density at radius 3 is 2.67 bits per heavy atom. The second-order valence-corrected chi connectivity index (χ2v) is 6.02. The van der Waals surface area contributed by atoms with E-state index in [-0.39, 0.29) is 11.3 Å². The predicted molar refractivity (Wildman–Crippen MR) is 80.1 cm³/mol. The molecule has 1 aliphatic carbocycles. The Hall–Kier alpha value is -2.09. The van der Waals surface area contributed by atoms with Crippen LogP contribution in [0.1, 0.15) is 44.1 Å². The van der Waals surface area contributed by atoms with Crippen LogP contribution in [0.4, 0.5) is 11.4 Å². The molecule has 3 rings (SSSR count). The first-order valence-corrected chi connectivity index (χ1v) is 7.66. The van der Waals surface area contributed by atoms with Gasteiger partial charge in [-0.3, -0.25) is 10.1 Å². The number of nitro benzene ring substituents is 1. The molecule has 5 heteroatoms. The quantitative estimate of drug-likeness (QED) is 0.628. The molecule has 2 fully saturated rings. The van der Waals surface area contributed by atoms with Crippen LogP contribution in [-0.2, 0) is 0 Å². The molecule has 0 bridgehead atoms. The SMILES string of the molecule is N#Cc1cc(N2CCCC2C2CCCC2)ccc1[N+](=O)[O-]. The fourth-order valence-electron chi connectivity index (χ4n) is 3.90. The highest BCUT2D eigenvalue weighted by atomic mass is 16.6. The van der Waals surface area contributed by atoms with E-state index < -0.39 is 4.92 Å². The number of nitro groups is 1. The van der Waals surface area contributed by atoms with Crippen LogP contribution in [0.25, 0.3) is 0 Å². The van der Waals surface area contributed by atoms with E-state index in [9.17, 15) is 10.1 Å². The predicted octanol–water partition coefficient (Wildman–Crippen LogP) is 3.63. The summed E-state index contributed by atoms with van der Waals surface area (Å²) in [5, 5.41) is 20.1. The fourth-order valence-corrected chi connectivity index (χ4v) is 3.90. The molecule has 1 aromatic rings. The maximum Gasteiger partial charge on any atom is 0.287 e. The van der Waals surface area contributed by atoms with Gasteiger partial charge in [-0.25, -0.2) is 0 Å². The van der Waals surface area contributed by atoms with Crippen molar-refractivity contribution in [2.75, 3.05) is 11.4 Å². The molecule has 21 heavy (non-hydrogen) atoms. The molecule has 1 heterocycles. The molecule has 0 spiro atoms. The van der Waals surface area contributed by atoms with Gasteiger partial charge in [-0.1, -0.05) is 12.8 Å². The van der Waals surface area contributed by atoms with E-state index >= 15 is 0 Å². The summed E-state index contributed by atoms with van der Waals surface area (Å²) in [5.74, 6) is 0.744. The van der Waals surface area contributed by atoms with Crippen molar-refractivity contribution in [3.05, 3.63) is 33.9 Å². The highest BCUT2D eigenvalue weighted by Crippen LogP contribution is 2.38. The van der Waals surface area contributed by atoms with Gasteiger partial charge < -0.3 is 4.90 Å². The smallest absolute Gasteiger partial charge is 0.287 e. The van der Waals surface area contributed by atoms with Gasteiger partial charge in [-0.2, -0.15) is 5.26 Å². The van der Waals surface area contributed by atoms with Gasteiger partial charge in [-0.15, -0.1) is 0 Å². The summed E-state index contributed by atoms with van der Waals surface area (Å²) in [6.45, 7) is 0.990. The van der Waals surface area contributed by atoms with Crippen molar-refractivity contribution < 1.29 is 4.92 Å². The molecule has 0 N–H and O–H groups in total. The lowest BCUT2D eigenvalue weighted by molar-refractivity contribution is -0.385. The zero-order valence-corrected chi connectivity index (χ0v) is 12.0. The van der Waals surface area contributed by atoms with Crippen molar-refractivity contribution >= 4 is 11.4 Å². The summed E-state index contributed by atoms with van der Waals surface area (Å²) in [7, 11) is 0. The van der Waals surface area contributed by atoms with Gasteiger partial charge in [0.1, 0.15) is 11.6 Å². The number of nitrogens with zero attached hydrogens (tertiary/aromatic N) is 3. The summed E-state index contributed by atoms with van der Waals surface area (Å²) in [6.07, 6.45) is 7.58. The lowest BCUT2D eigenvalue weighted by Crippen LogP contribution is -2.34. The molecule has 1 aromatic carbocycles. The van der Waals surface area contributed by atoms with Crippen molar-refractivity contribution in [1.82, 2.24) is 0 Å². The second kappa shape index (κ2) is 5.72. The zero-order valence-electron chi connectivity index (χ0n) is 12.0. The van der Waals surface area contributed by atoms with Crippen LogP contribution in [0.2, 0.25) is 0 Å². The Morgan fingerprint density at radius 2 is 2.00 bits per heavy atom. The minimum Gasteiger partial charge on any atom is -0.368 e. The van der Waals surface area contributed by atoms with E-state index in [1.165, 1.54) is 44.6 Å². The van der Waals surface area contributed by atoms with Crippen LogP contribution in [0.3, 0.4) is 0 Å². The van der Waals surface area contributed by atoms with Crippen LogP contribution >= 0.6 is 0 Å². The lowest BCUT2D eigenvalue weighted by atomic mass is 9.95. The molecule has 1 saturated heterocycles. The maximum atomic E-state index is 10.9. The van der Waals surface area contributed by atoms with E-state index in [2.05, 4.69) is 4.90 Å². The third-order valence-corrected chi connectivity index (χ3v) is 4.87. The minimum atomic E-state index is -0.485. The van der Waals surface area contributed by atoms with Crippen LogP contribution in [0.5, 0.6) is 0 Å². The Morgan fingerprint density at radius 1 is 1.24 bits per heavy atom. The Balaban J connectivity index is 1.89. The van der Waals surface area contributed by atoms with Crippen LogP contribution in [0, 0.1) is 27.4 Å². The molecule has 0 radical (unpaired) electrons. The van der Waals surface area contributed by atoms with Crippen molar-refractivity contribution in [2.45, 2.75) is 44.6 Å². The first-order valence-electron chi connectivity index (χ1n) is 7.66. The van der Waals surface area contributed by atoms with E-state index in [1.54, 1.807) is 12.1 Å². The van der Waals surface area contributed by atoms with Crippen molar-refractivity contribution in [2.24, 2.45) is 5.92 Å². The molecule has 1 saturated carbocycles. The van der Waals surface area contributed by atoms with Gasteiger partial charge in [0.2, 0.25) is 0 Å². The second-order valence-electron chi connectivity index (χ2n) is 6.02. The summed E-state index contributed by atoms with van der Waals surface area (Å²) >= 11 is 0. The number of hydrogen-bond donors (Lipinski definition) is 0. The van der Waals surface area contributed by atoms with Gasteiger partial charge in [0, 0.05) is 24.3 Å². The van der Waals surface area contributed by atoms with E-state index in [1.807, 2.05) is 6.07 Å². The maximum absolute atomic E-state index is 10.9. The Bertz CT molecular complexity index is 588. The summed E-state index contributed by atoms with van der Waals surface area (Å²) in [5.41, 5.74) is 1.03. The number of anilines is 1. The highest BCUT2D eigenvalue weighted by Gasteiger charge is 2.33. The highest BCUT2D eigenvalue weighted by molar-refractivity contribution is 5.60. The molecule has 1 atom stereocenters. The number of rotatable bonds is 3. The molecular formula is C16H19N3O2. The molecule has 1 unspecified atom stereocenters. The molecule has 1 aliphatic heterocycles. The number of benzene rings is 1. The topological polar surface area (TPSA) is 70.2 Å². The van der Waals surface area contributed by atoms with Crippen molar-refractivity contribution in [3.8, 4) is 6.07 Å². The van der Waals surface area contributed by atoms with Gasteiger partial charge in [0.05, 0.1) is 4.92 Å². The van der Waals surface area contributed by atoms with Gasteiger partial charge in [0.15, 0.2) is 0 Å². The summed E-state index contributed by atoms with van der Waals surface area (Å²) in [4.78, 5) is 12.8. The van der Waals surface area contributed by atoms with E-state index in [0.717, 1.165) is 18.2 Å². The Labute approximate surface area is 124 Å². The molecular weight excluding hydrogens is 266 g/mol. The number of hydrogen-bond acceptors (Lipinski definition) is 4. The third-order valence-electron chi connectivity index (χ3n) is 4.87. The van der Waals surface area contributed by atoms with Crippen molar-refractivity contribution in [3.63, 3.8) is 0 Å². The molecule has 2 aliphatic rings. The summed E-state index contributed by atoms with van der Waals surface area (Å²) < 4.78 is 0. The standard InChI is InChI=1S/C16H19N3O2/c17-11-13-10-14(7-8-16(13)19(20)21)18-9-3-6-15(18)12-4-1-2-5-12/h7-8,10,12,15H,1-6,9H2. The minimum absolute atomic E-state index is 0.0992. The van der Waals surface area contributed by atoms with E-state index in [4.69, 9.17) is 5.26 Å². The summed E-state index contributed by atoms with van der Waals surface area (Å²) in [6, 6.07) is 7.45. The first-order chi connectivity index (χ1) is 10.2. The fraction of sp³-hybridized carbons (Fsp3) is 0.562. The number of nitriles is 1. The first kappa shape index (κ1) is 13.9. The van der Waals surface area contributed by atoms with Crippen LogP contribution < -0.4 is 4.90 Å².